The van der Waals surface area contributed by atoms with E-state index in [1.165, 1.54) is 51.4 Å². The Morgan fingerprint density at radius 1 is 0.529 bits per heavy atom. The monoisotopic (exact) mass is 510 g/mol. The predicted molar refractivity (Wildman–Crippen MR) is 114 cm³/mol. The van der Waals surface area contributed by atoms with Crippen LogP contribution in [0.1, 0.15) is 110 Å². The third-order valence-corrected chi connectivity index (χ3v) is 8.24. The van der Waals surface area contributed by atoms with E-state index in [0.717, 1.165) is 31.6 Å². The summed E-state index contributed by atoms with van der Waals surface area (Å²) >= 11 is 0. The Labute approximate surface area is 197 Å². The lowest BCUT2D eigenvalue weighted by Crippen LogP contribution is -2.60. The van der Waals surface area contributed by atoms with Gasteiger partial charge in [-0.15, -0.1) is 0 Å². The van der Waals surface area contributed by atoms with Gasteiger partial charge in [-0.05, 0) is 55.8 Å². The quantitative estimate of drug-likeness (QED) is 0.181. The maximum absolute atomic E-state index is 13.8. The second-order valence-corrected chi connectivity index (χ2v) is 10.7. The van der Waals surface area contributed by atoms with Gasteiger partial charge in [-0.3, -0.25) is 0 Å². The van der Waals surface area contributed by atoms with Crippen molar-refractivity contribution in [1.82, 2.24) is 0 Å². The van der Waals surface area contributed by atoms with Crippen molar-refractivity contribution in [3.05, 3.63) is 0 Å². The van der Waals surface area contributed by atoms with E-state index in [1.807, 2.05) is 0 Å². The lowest BCUT2D eigenvalue weighted by molar-refractivity contribution is -0.397. The van der Waals surface area contributed by atoms with Crippen LogP contribution >= 0.6 is 0 Å². The van der Waals surface area contributed by atoms with Crippen molar-refractivity contribution in [1.29, 1.82) is 0 Å². The molecule has 2 rings (SSSR count). The fourth-order valence-electron chi connectivity index (χ4n) is 5.88. The largest absolute Gasteiger partial charge is 0.460 e. The molecule has 0 N–H and O–H groups in total. The van der Waals surface area contributed by atoms with Crippen LogP contribution in [-0.2, 0) is 0 Å². The van der Waals surface area contributed by atoms with Gasteiger partial charge in [-0.25, -0.2) is 0 Å². The summed E-state index contributed by atoms with van der Waals surface area (Å²) < 4.78 is 117. The van der Waals surface area contributed by atoms with Crippen molar-refractivity contribution in [2.75, 3.05) is 0 Å². The SMILES string of the molecule is CCCCCCC[C@H]1CC[C@H]([C@H]2CC[C@H](CCC(F)(F)C(F)(F)C(F)(F)C(F)(F)F)CC2)CC1. The highest BCUT2D eigenvalue weighted by Gasteiger charge is 2.81. The highest BCUT2D eigenvalue weighted by Crippen LogP contribution is 2.55. The summed E-state index contributed by atoms with van der Waals surface area (Å²) in [4.78, 5) is 0. The fourth-order valence-corrected chi connectivity index (χ4v) is 5.88. The van der Waals surface area contributed by atoms with Gasteiger partial charge in [0.1, 0.15) is 0 Å². The van der Waals surface area contributed by atoms with E-state index in [-0.39, 0.29) is 5.92 Å². The maximum atomic E-state index is 13.8. The van der Waals surface area contributed by atoms with Crippen molar-refractivity contribution < 1.29 is 39.5 Å². The number of alkyl halides is 9. The van der Waals surface area contributed by atoms with Crippen molar-refractivity contribution in [3.63, 3.8) is 0 Å². The molecule has 2 fully saturated rings. The van der Waals surface area contributed by atoms with Gasteiger partial charge in [-0.2, -0.15) is 39.5 Å². The van der Waals surface area contributed by atoms with E-state index < -0.39 is 36.8 Å². The molecule has 2 aliphatic carbocycles. The molecular formula is C25H39F9. The average Bonchev–Trinajstić information content (AvgIpc) is 2.77. The minimum absolute atomic E-state index is 0.350. The number of hydrogen-bond donors (Lipinski definition) is 0. The molecule has 0 aromatic carbocycles. The molecule has 0 bridgehead atoms. The van der Waals surface area contributed by atoms with Gasteiger partial charge in [0.05, 0.1) is 0 Å². The Kier molecular flexibility index (Phi) is 10.5. The van der Waals surface area contributed by atoms with Gasteiger partial charge < -0.3 is 0 Å². The molecule has 0 atom stereocenters. The van der Waals surface area contributed by atoms with Crippen LogP contribution in [-0.4, -0.2) is 23.9 Å². The third kappa shape index (κ3) is 7.21. The molecule has 34 heavy (non-hydrogen) atoms. The standard InChI is InChI=1S/C25H39F9/c1-2-3-4-5-6-7-18-8-12-20(13-9-18)21-14-10-19(11-15-21)16-17-22(26,27)23(28,29)24(30,31)25(32,33)34/h18-21H,2-17H2,1H3/t18-,19-,20-,21-. The number of halogens is 9. The van der Waals surface area contributed by atoms with Crippen molar-refractivity contribution >= 4 is 0 Å². The Bertz CT molecular complexity index is 584. The van der Waals surface area contributed by atoms with Crippen molar-refractivity contribution in [2.24, 2.45) is 23.7 Å². The zero-order valence-corrected chi connectivity index (χ0v) is 20.0. The van der Waals surface area contributed by atoms with E-state index in [4.69, 9.17) is 0 Å². The van der Waals surface area contributed by atoms with Gasteiger partial charge in [0.2, 0.25) is 0 Å². The minimum Gasteiger partial charge on any atom is -0.200 e. The average molecular weight is 511 g/mol. The first kappa shape index (κ1) is 29.6. The first-order valence-electron chi connectivity index (χ1n) is 12.9. The summed E-state index contributed by atoms with van der Waals surface area (Å²) in [7, 11) is 0. The summed E-state index contributed by atoms with van der Waals surface area (Å²) in [6, 6.07) is 0. The van der Waals surface area contributed by atoms with E-state index in [1.54, 1.807) is 0 Å². The predicted octanol–water partition coefficient (Wildman–Crippen LogP) is 10.2. The highest BCUT2D eigenvalue weighted by molar-refractivity contribution is 5.00. The molecular weight excluding hydrogens is 471 g/mol. The summed E-state index contributed by atoms with van der Waals surface area (Å²) in [6.45, 7) is 2.20. The highest BCUT2D eigenvalue weighted by atomic mass is 19.4. The molecule has 2 saturated carbocycles. The van der Waals surface area contributed by atoms with Crippen LogP contribution in [0.15, 0.2) is 0 Å². The fraction of sp³-hybridized carbons (Fsp3) is 1.00. The smallest absolute Gasteiger partial charge is 0.200 e. The molecule has 0 radical (unpaired) electrons. The molecule has 2 aliphatic rings. The van der Waals surface area contributed by atoms with Crippen LogP contribution in [0.4, 0.5) is 39.5 Å². The van der Waals surface area contributed by atoms with E-state index in [9.17, 15) is 39.5 Å². The minimum atomic E-state index is -6.78. The summed E-state index contributed by atoms with van der Waals surface area (Å²) in [5, 5.41) is 0. The molecule has 0 spiro atoms. The zero-order valence-electron chi connectivity index (χ0n) is 20.0. The van der Waals surface area contributed by atoms with Crippen LogP contribution in [0, 0.1) is 23.7 Å². The number of hydrogen-bond acceptors (Lipinski definition) is 0. The molecule has 0 unspecified atom stereocenters. The van der Waals surface area contributed by atoms with E-state index in [2.05, 4.69) is 6.92 Å². The summed E-state index contributed by atoms with van der Waals surface area (Å²) in [5.41, 5.74) is 0. The van der Waals surface area contributed by atoms with Gasteiger partial charge >= 0.3 is 23.9 Å². The second-order valence-electron chi connectivity index (χ2n) is 10.7. The van der Waals surface area contributed by atoms with Crippen LogP contribution in [0.5, 0.6) is 0 Å². The van der Waals surface area contributed by atoms with Crippen LogP contribution < -0.4 is 0 Å². The molecule has 0 amide bonds. The third-order valence-electron chi connectivity index (χ3n) is 8.24. The Hall–Kier alpha value is -0.630. The second kappa shape index (κ2) is 12.1. The molecule has 9 heteroatoms. The Morgan fingerprint density at radius 2 is 0.971 bits per heavy atom. The molecule has 0 heterocycles. The Balaban J connectivity index is 1.72. The molecule has 0 aromatic heterocycles. The topological polar surface area (TPSA) is 0 Å². The van der Waals surface area contributed by atoms with Gasteiger partial charge in [0.15, 0.2) is 0 Å². The first-order valence-corrected chi connectivity index (χ1v) is 12.9. The van der Waals surface area contributed by atoms with Crippen LogP contribution in [0.25, 0.3) is 0 Å². The molecule has 0 aliphatic heterocycles. The molecule has 0 aromatic rings. The van der Waals surface area contributed by atoms with E-state index in [0.29, 0.717) is 24.7 Å². The molecule has 0 nitrogen and oxygen atoms in total. The number of unbranched alkanes of at least 4 members (excludes halogenated alkanes) is 4. The zero-order chi connectivity index (χ0) is 25.6. The van der Waals surface area contributed by atoms with Crippen LogP contribution in [0.3, 0.4) is 0 Å². The van der Waals surface area contributed by atoms with Gasteiger partial charge in [-0.1, -0.05) is 71.1 Å². The Morgan fingerprint density at radius 3 is 1.41 bits per heavy atom. The summed E-state index contributed by atoms with van der Waals surface area (Å²) in [6.07, 6.45) is 6.05. The lowest BCUT2D eigenvalue weighted by Gasteiger charge is -2.38. The van der Waals surface area contributed by atoms with E-state index >= 15 is 0 Å². The van der Waals surface area contributed by atoms with Crippen molar-refractivity contribution in [2.45, 2.75) is 134 Å². The lowest BCUT2D eigenvalue weighted by atomic mass is 9.68. The molecule has 0 saturated heterocycles. The maximum Gasteiger partial charge on any atom is 0.460 e. The first-order chi connectivity index (χ1) is 15.7. The molecule has 202 valence electrons. The van der Waals surface area contributed by atoms with Crippen molar-refractivity contribution in [3.8, 4) is 0 Å². The van der Waals surface area contributed by atoms with Gasteiger partial charge in [0, 0.05) is 6.42 Å². The van der Waals surface area contributed by atoms with Gasteiger partial charge in [0.25, 0.3) is 0 Å². The van der Waals surface area contributed by atoms with Crippen LogP contribution in [0.2, 0.25) is 0 Å². The summed E-state index contributed by atoms with van der Waals surface area (Å²) in [5.74, 6) is -17.2. The normalized spacial score (nSPS) is 27.7. The number of rotatable bonds is 12.